The largest absolute Gasteiger partial charge is 0.331 e. The SMILES string of the molecule is C[C@H]1c2cccc(C=O)c2CN1C(=O)Cc1c(Cl)cccc1C#N. The van der Waals surface area contributed by atoms with E-state index in [0.29, 0.717) is 28.3 Å². The van der Waals surface area contributed by atoms with E-state index in [1.807, 2.05) is 19.1 Å². The molecule has 1 aliphatic heterocycles. The number of rotatable bonds is 3. The van der Waals surface area contributed by atoms with Crippen molar-refractivity contribution in [3.05, 3.63) is 69.2 Å². The average molecular weight is 339 g/mol. The summed E-state index contributed by atoms with van der Waals surface area (Å²) < 4.78 is 0. The van der Waals surface area contributed by atoms with Crippen LogP contribution in [0.15, 0.2) is 36.4 Å². The first-order valence-electron chi connectivity index (χ1n) is 7.60. The molecule has 1 amide bonds. The van der Waals surface area contributed by atoms with Crippen molar-refractivity contribution in [2.24, 2.45) is 0 Å². The zero-order valence-corrected chi connectivity index (χ0v) is 13.9. The molecule has 1 aliphatic rings. The third-order valence-corrected chi connectivity index (χ3v) is 4.86. The van der Waals surface area contributed by atoms with Gasteiger partial charge in [0.25, 0.3) is 0 Å². The average Bonchev–Trinajstić information content (AvgIpc) is 2.93. The van der Waals surface area contributed by atoms with E-state index in [1.54, 1.807) is 29.2 Å². The van der Waals surface area contributed by atoms with Gasteiger partial charge in [0.15, 0.2) is 0 Å². The first-order valence-corrected chi connectivity index (χ1v) is 7.98. The van der Waals surface area contributed by atoms with Crippen molar-refractivity contribution in [2.45, 2.75) is 25.9 Å². The summed E-state index contributed by atoms with van der Waals surface area (Å²) in [6, 6.07) is 12.5. The standard InChI is InChI=1S/C19H15ClN2O2/c1-12-15-6-2-5-14(11-23)17(15)10-22(12)19(24)8-16-13(9-21)4-3-7-18(16)20/h2-7,11-12H,8,10H2,1H3/t12-/m0/s1. The smallest absolute Gasteiger partial charge is 0.227 e. The van der Waals surface area contributed by atoms with Gasteiger partial charge in [-0.05, 0) is 35.7 Å². The molecule has 1 heterocycles. The molecule has 0 saturated heterocycles. The lowest BCUT2D eigenvalue weighted by atomic mass is 10.0. The zero-order valence-electron chi connectivity index (χ0n) is 13.1. The Balaban J connectivity index is 1.88. The summed E-state index contributed by atoms with van der Waals surface area (Å²) in [5, 5.41) is 9.63. The summed E-state index contributed by atoms with van der Waals surface area (Å²) in [5.74, 6) is -0.111. The van der Waals surface area contributed by atoms with Gasteiger partial charge in [0.2, 0.25) is 5.91 Å². The number of nitriles is 1. The summed E-state index contributed by atoms with van der Waals surface area (Å²) >= 11 is 6.16. The Morgan fingerprint density at radius 2 is 2.12 bits per heavy atom. The van der Waals surface area contributed by atoms with Gasteiger partial charge in [0, 0.05) is 17.1 Å². The fourth-order valence-electron chi connectivity index (χ4n) is 3.18. The molecule has 120 valence electrons. The van der Waals surface area contributed by atoms with Crippen LogP contribution in [0.25, 0.3) is 0 Å². The molecule has 0 unspecified atom stereocenters. The maximum atomic E-state index is 12.8. The molecule has 24 heavy (non-hydrogen) atoms. The van der Waals surface area contributed by atoms with Crippen LogP contribution >= 0.6 is 11.6 Å². The van der Waals surface area contributed by atoms with E-state index >= 15 is 0 Å². The summed E-state index contributed by atoms with van der Waals surface area (Å²) in [5.41, 5.74) is 3.46. The van der Waals surface area contributed by atoms with E-state index in [0.717, 1.165) is 17.4 Å². The van der Waals surface area contributed by atoms with Crippen molar-refractivity contribution >= 4 is 23.8 Å². The van der Waals surface area contributed by atoms with Crippen molar-refractivity contribution in [1.29, 1.82) is 5.26 Å². The first kappa shape index (κ1) is 16.2. The van der Waals surface area contributed by atoms with E-state index in [4.69, 9.17) is 11.6 Å². The van der Waals surface area contributed by atoms with Crippen molar-refractivity contribution in [3.63, 3.8) is 0 Å². The molecule has 2 aromatic rings. The Morgan fingerprint density at radius 3 is 2.83 bits per heavy atom. The number of carbonyl (C=O) groups is 2. The van der Waals surface area contributed by atoms with Gasteiger partial charge in [-0.15, -0.1) is 0 Å². The van der Waals surface area contributed by atoms with Crippen molar-refractivity contribution < 1.29 is 9.59 Å². The van der Waals surface area contributed by atoms with Gasteiger partial charge in [-0.2, -0.15) is 5.26 Å². The third-order valence-electron chi connectivity index (χ3n) is 4.51. The van der Waals surface area contributed by atoms with E-state index < -0.39 is 0 Å². The summed E-state index contributed by atoms with van der Waals surface area (Å²) in [6.45, 7) is 2.34. The molecular weight excluding hydrogens is 324 g/mol. The van der Waals surface area contributed by atoms with Gasteiger partial charge in [0.1, 0.15) is 6.29 Å². The molecule has 3 rings (SSSR count). The minimum absolute atomic E-state index is 0.0668. The fourth-order valence-corrected chi connectivity index (χ4v) is 3.42. The highest BCUT2D eigenvalue weighted by Crippen LogP contribution is 2.35. The highest BCUT2D eigenvalue weighted by atomic mass is 35.5. The van der Waals surface area contributed by atoms with E-state index in [2.05, 4.69) is 6.07 Å². The van der Waals surface area contributed by atoms with Crippen molar-refractivity contribution in [3.8, 4) is 6.07 Å². The van der Waals surface area contributed by atoms with Crippen LogP contribution < -0.4 is 0 Å². The number of carbonyl (C=O) groups excluding carboxylic acids is 2. The number of nitrogens with zero attached hydrogens (tertiary/aromatic N) is 2. The van der Waals surface area contributed by atoms with Gasteiger partial charge in [-0.3, -0.25) is 9.59 Å². The minimum Gasteiger partial charge on any atom is -0.331 e. The predicted molar refractivity (Wildman–Crippen MR) is 90.7 cm³/mol. The van der Waals surface area contributed by atoms with E-state index in [9.17, 15) is 14.9 Å². The molecule has 0 fully saturated rings. The molecule has 4 nitrogen and oxygen atoms in total. The minimum atomic E-state index is -0.111. The normalized spacial score (nSPS) is 15.7. The van der Waals surface area contributed by atoms with E-state index in [-0.39, 0.29) is 18.4 Å². The zero-order chi connectivity index (χ0) is 17.3. The maximum Gasteiger partial charge on any atom is 0.227 e. The van der Waals surface area contributed by atoms with Crippen LogP contribution in [0.3, 0.4) is 0 Å². The van der Waals surface area contributed by atoms with Crippen LogP contribution in [0, 0.1) is 11.3 Å². The van der Waals surface area contributed by atoms with Gasteiger partial charge < -0.3 is 4.90 Å². The fraction of sp³-hybridized carbons (Fsp3) is 0.211. The van der Waals surface area contributed by atoms with Crippen LogP contribution in [0.5, 0.6) is 0 Å². The third kappa shape index (κ3) is 2.68. The van der Waals surface area contributed by atoms with Crippen molar-refractivity contribution in [2.75, 3.05) is 0 Å². The molecule has 0 radical (unpaired) electrons. The molecule has 0 saturated carbocycles. The van der Waals surface area contributed by atoms with Gasteiger partial charge in [-0.25, -0.2) is 0 Å². The molecule has 5 heteroatoms. The number of fused-ring (bicyclic) bond motifs is 1. The van der Waals surface area contributed by atoms with Crippen LogP contribution in [-0.4, -0.2) is 17.1 Å². The topological polar surface area (TPSA) is 61.2 Å². The van der Waals surface area contributed by atoms with Crippen LogP contribution in [-0.2, 0) is 17.8 Å². The Kier molecular flexibility index (Phi) is 4.37. The quantitative estimate of drug-likeness (QED) is 0.802. The number of hydrogen-bond acceptors (Lipinski definition) is 3. The second kappa shape index (κ2) is 6.46. The Hall–Kier alpha value is -2.64. The first-order chi connectivity index (χ1) is 11.6. The maximum absolute atomic E-state index is 12.8. The predicted octanol–water partition coefficient (Wildman–Crippen LogP) is 3.67. The van der Waals surface area contributed by atoms with Gasteiger partial charge in [0.05, 0.1) is 24.1 Å². The van der Waals surface area contributed by atoms with Crippen LogP contribution in [0.2, 0.25) is 5.02 Å². The number of hydrogen-bond donors (Lipinski definition) is 0. The molecular formula is C19H15ClN2O2. The molecule has 0 spiro atoms. The lowest BCUT2D eigenvalue weighted by Gasteiger charge is -2.22. The molecule has 0 aliphatic carbocycles. The Bertz CT molecular complexity index is 870. The van der Waals surface area contributed by atoms with Crippen LogP contribution in [0.1, 0.15) is 45.6 Å². The Labute approximate surface area is 145 Å². The summed E-state index contributed by atoms with van der Waals surface area (Å²) in [4.78, 5) is 25.7. The summed E-state index contributed by atoms with van der Waals surface area (Å²) in [6.07, 6.45) is 0.888. The van der Waals surface area contributed by atoms with Crippen molar-refractivity contribution in [1.82, 2.24) is 4.90 Å². The highest BCUT2D eigenvalue weighted by Gasteiger charge is 2.32. The molecule has 2 aromatic carbocycles. The lowest BCUT2D eigenvalue weighted by molar-refractivity contribution is -0.132. The number of benzene rings is 2. The van der Waals surface area contributed by atoms with Gasteiger partial charge >= 0.3 is 0 Å². The van der Waals surface area contributed by atoms with E-state index in [1.165, 1.54) is 0 Å². The molecule has 0 aromatic heterocycles. The number of aldehydes is 1. The molecule has 0 N–H and O–H groups in total. The highest BCUT2D eigenvalue weighted by molar-refractivity contribution is 6.31. The summed E-state index contributed by atoms with van der Waals surface area (Å²) in [7, 11) is 0. The molecule has 1 atom stereocenters. The van der Waals surface area contributed by atoms with Gasteiger partial charge in [-0.1, -0.05) is 35.9 Å². The lowest BCUT2D eigenvalue weighted by Crippen LogP contribution is -2.30. The van der Waals surface area contributed by atoms with Crippen LogP contribution in [0.4, 0.5) is 0 Å². The number of halogens is 1. The second-order valence-corrected chi connectivity index (χ2v) is 6.19. The molecule has 0 bridgehead atoms. The number of amides is 1. The Morgan fingerprint density at radius 1 is 1.38 bits per heavy atom. The second-order valence-electron chi connectivity index (χ2n) is 5.79. The monoisotopic (exact) mass is 338 g/mol.